The average Bonchev–Trinajstić information content (AvgIpc) is 2.43. The van der Waals surface area contributed by atoms with Crippen LogP contribution in [0.25, 0.3) is 0 Å². The molecule has 0 amide bonds. The van der Waals surface area contributed by atoms with Crippen molar-refractivity contribution in [2.75, 3.05) is 0 Å². The second-order valence-electron chi connectivity index (χ2n) is 3.93. The molecule has 1 aromatic rings. The summed E-state index contributed by atoms with van der Waals surface area (Å²) in [5, 5.41) is 1.24. The zero-order valence-electron chi connectivity index (χ0n) is 7.92. The number of hydrogen-bond acceptors (Lipinski definition) is 2. The molecule has 1 nitrogen and oxygen atoms in total. The van der Waals surface area contributed by atoms with Gasteiger partial charge in [-0.05, 0) is 25.7 Å². The summed E-state index contributed by atoms with van der Waals surface area (Å²) in [5.74, 6) is 1.50. The Hall–Kier alpha value is -0.370. The van der Waals surface area contributed by atoms with Gasteiger partial charge in [-0.1, -0.05) is 13.8 Å². The molecule has 0 saturated heterocycles. The van der Waals surface area contributed by atoms with E-state index in [0.29, 0.717) is 0 Å². The molecule has 66 valence electrons. The summed E-state index contributed by atoms with van der Waals surface area (Å²) in [6.07, 6.45) is 2.59. The van der Waals surface area contributed by atoms with E-state index in [4.69, 9.17) is 0 Å². The van der Waals surface area contributed by atoms with Crippen molar-refractivity contribution in [1.29, 1.82) is 0 Å². The molecule has 0 fully saturated rings. The number of fused-ring (bicyclic) bond motifs is 1. The van der Waals surface area contributed by atoms with E-state index in [1.54, 1.807) is 4.88 Å². The fraction of sp³-hybridized carbons (Fsp3) is 0.700. The molecule has 0 saturated carbocycles. The lowest BCUT2D eigenvalue weighted by atomic mass is 9.94. The van der Waals surface area contributed by atoms with Crippen LogP contribution in [0.2, 0.25) is 0 Å². The lowest BCUT2D eigenvalue weighted by molar-refractivity contribution is 0.487. The second-order valence-corrected chi connectivity index (χ2v) is 5.22. The third-order valence-electron chi connectivity index (χ3n) is 2.67. The van der Waals surface area contributed by atoms with E-state index in [2.05, 4.69) is 25.8 Å². The van der Waals surface area contributed by atoms with Gasteiger partial charge in [-0.3, -0.25) is 0 Å². The van der Waals surface area contributed by atoms with Gasteiger partial charge in [-0.15, -0.1) is 11.3 Å². The molecule has 0 bridgehead atoms. The van der Waals surface area contributed by atoms with Crippen molar-refractivity contribution >= 4 is 11.3 Å². The number of aromatic nitrogens is 1. The van der Waals surface area contributed by atoms with Crippen LogP contribution in [0.3, 0.4) is 0 Å². The molecule has 0 radical (unpaired) electrons. The Bertz CT molecular complexity index is 288. The summed E-state index contributed by atoms with van der Waals surface area (Å²) in [4.78, 5) is 6.16. The Morgan fingerprint density at radius 1 is 1.50 bits per heavy atom. The minimum atomic E-state index is 0.741. The normalized spacial score (nSPS) is 21.8. The topological polar surface area (TPSA) is 12.9 Å². The lowest BCUT2D eigenvalue weighted by Gasteiger charge is -2.12. The maximum atomic E-state index is 4.61. The SMILES string of the molecule is Cc1nc2c(s1)CCC2C(C)C. The van der Waals surface area contributed by atoms with Crippen LogP contribution in [0, 0.1) is 12.8 Å². The molecule has 2 heteroatoms. The Kier molecular flexibility index (Phi) is 1.95. The van der Waals surface area contributed by atoms with Crippen molar-refractivity contribution in [3.8, 4) is 0 Å². The van der Waals surface area contributed by atoms with Gasteiger partial charge in [0.25, 0.3) is 0 Å². The highest BCUT2D eigenvalue weighted by Gasteiger charge is 2.28. The molecule has 1 aliphatic rings. The molecule has 0 spiro atoms. The van der Waals surface area contributed by atoms with Crippen LogP contribution in [-0.4, -0.2) is 4.98 Å². The van der Waals surface area contributed by atoms with Crippen molar-refractivity contribution in [3.05, 3.63) is 15.6 Å². The zero-order valence-corrected chi connectivity index (χ0v) is 8.74. The van der Waals surface area contributed by atoms with E-state index >= 15 is 0 Å². The van der Waals surface area contributed by atoms with E-state index in [-0.39, 0.29) is 0 Å². The standard InChI is InChI=1S/C10H15NS/c1-6(2)8-4-5-9-10(8)11-7(3)12-9/h6,8H,4-5H2,1-3H3. The molecule has 1 heterocycles. The number of rotatable bonds is 1. The van der Waals surface area contributed by atoms with Crippen LogP contribution < -0.4 is 0 Å². The van der Waals surface area contributed by atoms with Crippen LogP contribution >= 0.6 is 11.3 Å². The Labute approximate surface area is 77.8 Å². The van der Waals surface area contributed by atoms with Gasteiger partial charge in [0.15, 0.2) is 0 Å². The third kappa shape index (κ3) is 1.18. The summed E-state index contributed by atoms with van der Waals surface area (Å²) in [6.45, 7) is 6.71. The van der Waals surface area contributed by atoms with Crippen LogP contribution in [-0.2, 0) is 6.42 Å². The molecular formula is C10H15NS. The second kappa shape index (κ2) is 2.84. The number of nitrogens with zero attached hydrogens (tertiary/aromatic N) is 1. The molecule has 0 aliphatic heterocycles. The van der Waals surface area contributed by atoms with Crippen molar-refractivity contribution in [3.63, 3.8) is 0 Å². The van der Waals surface area contributed by atoms with E-state index in [1.165, 1.54) is 23.5 Å². The van der Waals surface area contributed by atoms with Crippen molar-refractivity contribution in [2.24, 2.45) is 5.92 Å². The van der Waals surface area contributed by atoms with E-state index < -0.39 is 0 Å². The predicted octanol–water partition coefficient (Wildman–Crippen LogP) is 3.14. The fourth-order valence-corrected chi connectivity index (χ4v) is 3.05. The van der Waals surface area contributed by atoms with Gasteiger partial charge < -0.3 is 0 Å². The van der Waals surface area contributed by atoms with Gasteiger partial charge in [0.05, 0.1) is 10.7 Å². The largest absolute Gasteiger partial charge is 0.246 e. The number of thiazole rings is 1. The molecular weight excluding hydrogens is 166 g/mol. The van der Waals surface area contributed by atoms with E-state index in [0.717, 1.165) is 11.8 Å². The molecule has 1 aromatic heterocycles. The van der Waals surface area contributed by atoms with Gasteiger partial charge in [-0.2, -0.15) is 0 Å². The van der Waals surface area contributed by atoms with Gasteiger partial charge >= 0.3 is 0 Å². The molecule has 0 N–H and O–H groups in total. The molecule has 1 unspecified atom stereocenters. The highest BCUT2D eigenvalue weighted by atomic mass is 32.1. The van der Waals surface area contributed by atoms with E-state index in [1.807, 2.05) is 11.3 Å². The Balaban J connectivity index is 2.34. The summed E-state index contributed by atoms with van der Waals surface area (Å²) in [6, 6.07) is 0. The Morgan fingerprint density at radius 2 is 2.25 bits per heavy atom. The first-order valence-corrected chi connectivity index (χ1v) is 5.46. The van der Waals surface area contributed by atoms with Crippen LogP contribution in [0.1, 0.15) is 41.8 Å². The number of aryl methyl sites for hydroxylation is 2. The summed E-state index contributed by atoms with van der Waals surface area (Å²) >= 11 is 1.89. The molecule has 12 heavy (non-hydrogen) atoms. The van der Waals surface area contributed by atoms with Crippen LogP contribution in [0.4, 0.5) is 0 Å². The van der Waals surface area contributed by atoms with E-state index in [9.17, 15) is 0 Å². The summed E-state index contributed by atoms with van der Waals surface area (Å²) in [5.41, 5.74) is 1.41. The molecule has 0 aromatic carbocycles. The quantitative estimate of drug-likeness (QED) is 0.648. The van der Waals surface area contributed by atoms with Crippen LogP contribution in [0.5, 0.6) is 0 Å². The molecule has 2 rings (SSSR count). The Morgan fingerprint density at radius 3 is 2.92 bits per heavy atom. The minimum Gasteiger partial charge on any atom is -0.246 e. The summed E-state index contributed by atoms with van der Waals surface area (Å²) < 4.78 is 0. The average molecular weight is 181 g/mol. The first-order chi connectivity index (χ1) is 5.68. The minimum absolute atomic E-state index is 0.741. The number of hydrogen-bond donors (Lipinski definition) is 0. The van der Waals surface area contributed by atoms with Crippen molar-refractivity contribution in [1.82, 2.24) is 4.98 Å². The van der Waals surface area contributed by atoms with Crippen molar-refractivity contribution in [2.45, 2.75) is 39.5 Å². The van der Waals surface area contributed by atoms with Gasteiger partial charge in [0, 0.05) is 10.8 Å². The maximum Gasteiger partial charge on any atom is 0.0900 e. The lowest BCUT2D eigenvalue weighted by Crippen LogP contribution is -2.02. The van der Waals surface area contributed by atoms with Crippen molar-refractivity contribution < 1.29 is 0 Å². The summed E-state index contributed by atoms with van der Waals surface area (Å²) in [7, 11) is 0. The zero-order chi connectivity index (χ0) is 8.72. The smallest absolute Gasteiger partial charge is 0.0900 e. The van der Waals surface area contributed by atoms with Gasteiger partial charge in [0.1, 0.15) is 0 Å². The van der Waals surface area contributed by atoms with Crippen LogP contribution in [0.15, 0.2) is 0 Å². The van der Waals surface area contributed by atoms with Gasteiger partial charge in [-0.25, -0.2) is 4.98 Å². The first kappa shape index (κ1) is 8.24. The first-order valence-electron chi connectivity index (χ1n) is 4.64. The predicted molar refractivity (Wildman–Crippen MR) is 52.8 cm³/mol. The maximum absolute atomic E-state index is 4.61. The van der Waals surface area contributed by atoms with Gasteiger partial charge in [0.2, 0.25) is 0 Å². The highest BCUT2D eigenvalue weighted by molar-refractivity contribution is 7.11. The monoisotopic (exact) mass is 181 g/mol. The molecule has 1 aliphatic carbocycles. The third-order valence-corrected chi connectivity index (χ3v) is 3.72. The fourth-order valence-electron chi connectivity index (χ4n) is 2.03. The highest BCUT2D eigenvalue weighted by Crippen LogP contribution is 2.40. The molecule has 1 atom stereocenters.